The van der Waals surface area contributed by atoms with Gasteiger partial charge in [-0.05, 0) is 30.2 Å². The lowest BCUT2D eigenvalue weighted by Gasteiger charge is -2.45. The maximum atomic E-state index is 12.1. The number of fused-ring (bicyclic) bond motifs is 3. The van der Waals surface area contributed by atoms with E-state index in [0.29, 0.717) is 6.42 Å². The van der Waals surface area contributed by atoms with Crippen molar-refractivity contribution in [1.29, 1.82) is 0 Å². The Morgan fingerprint density at radius 1 is 1.21 bits per heavy atom. The summed E-state index contributed by atoms with van der Waals surface area (Å²) in [6.07, 6.45) is 7.71. The lowest BCUT2D eigenvalue weighted by Crippen LogP contribution is -2.55. The molecular formula is C25H34N6O2. The first-order valence-corrected chi connectivity index (χ1v) is 12.0. The van der Waals surface area contributed by atoms with Crippen molar-refractivity contribution in [3.8, 4) is 5.75 Å². The second-order valence-corrected chi connectivity index (χ2v) is 9.18. The zero-order valence-corrected chi connectivity index (χ0v) is 19.5. The number of carbonyl (C=O) groups excluding carboxylic acids is 1. The van der Waals surface area contributed by atoms with E-state index in [2.05, 4.69) is 56.9 Å². The summed E-state index contributed by atoms with van der Waals surface area (Å²) in [4.78, 5) is 21.8. The fourth-order valence-electron chi connectivity index (χ4n) is 5.52. The first-order chi connectivity index (χ1) is 16.1. The van der Waals surface area contributed by atoms with E-state index >= 15 is 0 Å². The van der Waals surface area contributed by atoms with E-state index in [1.807, 2.05) is 18.3 Å². The number of nitrogens with zero attached hydrogens (tertiary/aromatic N) is 4. The van der Waals surface area contributed by atoms with Crippen molar-refractivity contribution in [2.24, 2.45) is 10.9 Å². The number of hydrazine groups is 1. The summed E-state index contributed by atoms with van der Waals surface area (Å²) in [5.74, 6) is 1.30. The molecule has 5 rings (SSSR count). The molecule has 8 nitrogen and oxygen atoms in total. The predicted molar refractivity (Wildman–Crippen MR) is 130 cm³/mol. The van der Waals surface area contributed by atoms with Crippen LogP contribution >= 0.6 is 0 Å². The van der Waals surface area contributed by atoms with Gasteiger partial charge in [0, 0.05) is 70.1 Å². The predicted octanol–water partition coefficient (Wildman–Crippen LogP) is 1.77. The van der Waals surface area contributed by atoms with E-state index in [9.17, 15) is 4.79 Å². The van der Waals surface area contributed by atoms with Crippen LogP contribution in [-0.4, -0.2) is 80.6 Å². The first-order valence-electron chi connectivity index (χ1n) is 12.0. The number of dihydropyridines is 1. The minimum absolute atomic E-state index is 0.0210. The first kappa shape index (κ1) is 22.0. The Morgan fingerprint density at radius 3 is 2.85 bits per heavy atom. The third-order valence-corrected chi connectivity index (χ3v) is 7.10. The molecule has 176 valence electrons. The summed E-state index contributed by atoms with van der Waals surface area (Å²) in [5.41, 5.74) is 7.25. The molecule has 0 radical (unpaired) electrons. The van der Waals surface area contributed by atoms with Crippen LogP contribution in [0.1, 0.15) is 19.8 Å². The Hall–Kier alpha value is -2.84. The number of allylic oxidation sites excluding steroid dienone is 1. The van der Waals surface area contributed by atoms with Gasteiger partial charge in [-0.25, -0.2) is 5.43 Å². The Morgan fingerprint density at radius 2 is 2.03 bits per heavy atom. The van der Waals surface area contributed by atoms with Crippen molar-refractivity contribution in [2.45, 2.75) is 32.0 Å². The SMILES string of the molecule is COc1ccccc1N1CCN(CCNN2C=C3CC(=O)NC(C)C3C3=CCC=NC32)CC1. The van der Waals surface area contributed by atoms with Gasteiger partial charge in [-0.1, -0.05) is 18.2 Å². The summed E-state index contributed by atoms with van der Waals surface area (Å²) < 4.78 is 5.53. The quantitative estimate of drug-likeness (QED) is 0.644. The normalized spacial score (nSPS) is 27.3. The van der Waals surface area contributed by atoms with E-state index in [1.54, 1.807) is 7.11 Å². The fourth-order valence-corrected chi connectivity index (χ4v) is 5.52. The molecule has 8 heteroatoms. The summed E-state index contributed by atoms with van der Waals surface area (Å²) >= 11 is 0. The average Bonchev–Trinajstić information content (AvgIpc) is 2.84. The number of methoxy groups -OCH3 is 1. The molecule has 1 aromatic carbocycles. The van der Waals surface area contributed by atoms with Crippen LogP contribution in [0.3, 0.4) is 0 Å². The van der Waals surface area contributed by atoms with Crippen LogP contribution in [0.25, 0.3) is 0 Å². The standard InChI is InChI=1S/C25H34N6O2/c1-18-24-19(16-23(32)28-18)17-31(25-20(24)6-5-9-26-25)27-10-11-29-12-14-30(15-13-29)21-7-3-4-8-22(21)33-2/h3-4,6-9,17-18,24-25,27H,5,10-16H2,1-2H3,(H,28,32). The molecule has 4 aliphatic heterocycles. The maximum Gasteiger partial charge on any atom is 0.224 e. The zero-order chi connectivity index (χ0) is 22.8. The molecule has 2 fully saturated rings. The van der Waals surface area contributed by atoms with Gasteiger partial charge in [-0.2, -0.15) is 0 Å². The van der Waals surface area contributed by atoms with Crippen LogP contribution in [0.4, 0.5) is 5.69 Å². The molecule has 2 saturated heterocycles. The van der Waals surface area contributed by atoms with E-state index < -0.39 is 0 Å². The highest BCUT2D eigenvalue weighted by Gasteiger charge is 2.40. The minimum atomic E-state index is -0.0210. The van der Waals surface area contributed by atoms with Crippen LogP contribution in [-0.2, 0) is 4.79 Å². The molecule has 1 amide bonds. The Bertz CT molecular complexity index is 965. The third kappa shape index (κ3) is 4.50. The second-order valence-electron chi connectivity index (χ2n) is 9.18. The number of amides is 1. The Kier molecular flexibility index (Phi) is 6.37. The van der Waals surface area contributed by atoms with Crippen molar-refractivity contribution in [2.75, 3.05) is 51.3 Å². The number of anilines is 1. The summed E-state index contributed by atoms with van der Waals surface area (Å²) in [6.45, 7) is 7.92. The van der Waals surface area contributed by atoms with Gasteiger partial charge >= 0.3 is 0 Å². The van der Waals surface area contributed by atoms with Crippen molar-refractivity contribution >= 4 is 17.8 Å². The highest BCUT2D eigenvalue weighted by molar-refractivity contribution is 5.81. The van der Waals surface area contributed by atoms with Crippen molar-refractivity contribution in [3.05, 3.63) is 47.7 Å². The smallest absolute Gasteiger partial charge is 0.224 e. The van der Waals surface area contributed by atoms with E-state index in [-0.39, 0.29) is 24.0 Å². The zero-order valence-electron chi connectivity index (χ0n) is 19.5. The van der Waals surface area contributed by atoms with Gasteiger partial charge in [0.1, 0.15) is 5.75 Å². The van der Waals surface area contributed by atoms with Gasteiger partial charge in [0.15, 0.2) is 6.17 Å². The van der Waals surface area contributed by atoms with Gasteiger partial charge in [-0.15, -0.1) is 0 Å². The number of benzene rings is 1. The molecule has 4 aliphatic rings. The lowest BCUT2D eigenvalue weighted by molar-refractivity contribution is -0.122. The van der Waals surface area contributed by atoms with Gasteiger partial charge in [0.25, 0.3) is 0 Å². The number of aliphatic imine (C=N–C) groups is 1. The summed E-state index contributed by atoms with van der Waals surface area (Å²) in [6, 6.07) is 8.35. The number of ether oxygens (including phenoxy) is 1. The molecule has 33 heavy (non-hydrogen) atoms. The molecule has 3 atom stereocenters. The molecule has 0 bridgehead atoms. The summed E-state index contributed by atoms with van der Waals surface area (Å²) in [7, 11) is 1.73. The number of rotatable bonds is 6. The van der Waals surface area contributed by atoms with Crippen LogP contribution in [0.2, 0.25) is 0 Å². The van der Waals surface area contributed by atoms with Crippen LogP contribution in [0.5, 0.6) is 5.75 Å². The number of hydrogen-bond donors (Lipinski definition) is 2. The van der Waals surface area contributed by atoms with Gasteiger partial charge in [-0.3, -0.25) is 19.7 Å². The molecule has 0 saturated carbocycles. The third-order valence-electron chi connectivity index (χ3n) is 7.10. The minimum Gasteiger partial charge on any atom is -0.495 e. The molecule has 4 heterocycles. The molecule has 3 unspecified atom stereocenters. The number of piperidine rings is 1. The maximum absolute atomic E-state index is 12.1. The number of carbonyl (C=O) groups is 1. The highest BCUT2D eigenvalue weighted by atomic mass is 16.5. The monoisotopic (exact) mass is 450 g/mol. The average molecular weight is 451 g/mol. The number of hydrogen-bond acceptors (Lipinski definition) is 7. The molecule has 2 N–H and O–H groups in total. The van der Waals surface area contributed by atoms with Gasteiger partial charge in [0.05, 0.1) is 19.2 Å². The fraction of sp³-hybridized carbons (Fsp3) is 0.520. The molecule has 0 aliphatic carbocycles. The van der Waals surface area contributed by atoms with E-state index in [1.165, 1.54) is 16.8 Å². The number of para-hydroxylation sites is 2. The Labute approximate surface area is 195 Å². The van der Waals surface area contributed by atoms with Gasteiger partial charge < -0.3 is 15.0 Å². The van der Waals surface area contributed by atoms with Crippen LogP contribution in [0.15, 0.2) is 52.7 Å². The lowest BCUT2D eigenvalue weighted by atomic mass is 9.77. The molecule has 0 spiro atoms. The summed E-state index contributed by atoms with van der Waals surface area (Å²) in [5, 5.41) is 5.22. The van der Waals surface area contributed by atoms with Crippen LogP contribution in [0, 0.1) is 5.92 Å². The molecular weight excluding hydrogens is 416 g/mol. The number of piperazine rings is 1. The topological polar surface area (TPSA) is 72.4 Å². The van der Waals surface area contributed by atoms with Crippen LogP contribution < -0.4 is 20.4 Å². The molecule has 1 aromatic rings. The molecule has 0 aromatic heterocycles. The largest absolute Gasteiger partial charge is 0.495 e. The van der Waals surface area contributed by atoms with E-state index in [4.69, 9.17) is 9.73 Å². The highest BCUT2D eigenvalue weighted by Crippen LogP contribution is 2.39. The number of nitrogens with one attached hydrogen (secondary N) is 2. The van der Waals surface area contributed by atoms with Crippen molar-refractivity contribution in [1.82, 2.24) is 20.7 Å². The van der Waals surface area contributed by atoms with E-state index in [0.717, 1.165) is 51.4 Å². The second kappa shape index (κ2) is 9.57. The van der Waals surface area contributed by atoms with Crippen molar-refractivity contribution in [3.63, 3.8) is 0 Å². The van der Waals surface area contributed by atoms with Crippen molar-refractivity contribution < 1.29 is 9.53 Å². The Balaban J connectivity index is 1.17. The van der Waals surface area contributed by atoms with Gasteiger partial charge in [0.2, 0.25) is 5.91 Å².